The number of rotatable bonds is 3. The molecular formula is C12H20N2O2. The van der Waals surface area contributed by atoms with Crippen LogP contribution in [-0.2, 0) is 9.59 Å². The highest BCUT2D eigenvalue weighted by atomic mass is 16.2. The van der Waals surface area contributed by atoms with Gasteiger partial charge < -0.3 is 5.32 Å². The molecule has 0 aromatic carbocycles. The van der Waals surface area contributed by atoms with E-state index < -0.39 is 0 Å². The average Bonchev–Trinajstić information content (AvgIpc) is 2.73. The first-order valence-electron chi connectivity index (χ1n) is 6.07. The molecule has 1 saturated heterocycles. The average molecular weight is 224 g/mol. The van der Waals surface area contributed by atoms with E-state index in [4.69, 9.17) is 0 Å². The molecule has 16 heavy (non-hydrogen) atoms. The molecule has 3 unspecified atom stereocenters. The Morgan fingerprint density at radius 2 is 1.81 bits per heavy atom. The van der Waals surface area contributed by atoms with E-state index in [9.17, 15) is 9.59 Å². The van der Waals surface area contributed by atoms with E-state index >= 15 is 0 Å². The summed E-state index contributed by atoms with van der Waals surface area (Å²) in [7, 11) is 1.85. The molecule has 0 radical (unpaired) electrons. The van der Waals surface area contributed by atoms with Crippen molar-refractivity contribution in [1.29, 1.82) is 0 Å². The number of imide groups is 1. The van der Waals surface area contributed by atoms with Crippen LogP contribution in [0.1, 0.15) is 26.7 Å². The number of nitrogens with one attached hydrogen (secondary N) is 1. The van der Waals surface area contributed by atoms with E-state index in [1.165, 1.54) is 4.90 Å². The SMILES string of the molecule is CNC(C)CN1C(=O)C2CC(C)CC2C1=O. The number of likely N-dealkylation sites (tertiary alicyclic amines) is 1. The van der Waals surface area contributed by atoms with E-state index in [2.05, 4.69) is 12.2 Å². The molecule has 2 aliphatic rings. The number of hydrogen-bond donors (Lipinski definition) is 1. The van der Waals surface area contributed by atoms with E-state index in [-0.39, 0.29) is 29.7 Å². The molecule has 4 heteroatoms. The minimum absolute atomic E-state index is 0.0217. The van der Waals surface area contributed by atoms with Crippen LogP contribution in [0.15, 0.2) is 0 Å². The lowest BCUT2D eigenvalue weighted by Crippen LogP contribution is -2.41. The number of likely N-dealkylation sites (N-methyl/N-ethyl adjacent to an activating group) is 1. The van der Waals surface area contributed by atoms with E-state index in [0.717, 1.165) is 12.8 Å². The van der Waals surface area contributed by atoms with E-state index in [1.54, 1.807) is 0 Å². The van der Waals surface area contributed by atoms with Gasteiger partial charge in [0.05, 0.1) is 11.8 Å². The molecule has 0 bridgehead atoms. The smallest absolute Gasteiger partial charge is 0.233 e. The second kappa shape index (κ2) is 4.17. The van der Waals surface area contributed by atoms with Gasteiger partial charge in [-0.15, -0.1) is 0 Å². The van der Waals surface area contributed by atoms with Crippen molar-refractivity contribution in [3.8, 4) is 0 Å². The van der Waals surface area contributed by atoms with Gasteiger partial charge in [0, 0.05) is 12.6 Å². The topological polar surface area (TPSA) is 49.4 Å². The zero-order valence-corrected chi connectivity index (χ0v) is 10.2. The predicted octanol–water partition coefficient (Wildman–Crippen LogP) is 0.625. The molecule has 1 saturated carbocycles. The molecule has 1 aliphatic heterocycles. The lowest BCUT2D eigenvalue weighted by atomic mass is 10.00. The first kappa shape index (κ1) is 11.6. The van der Waals surface area contributed by atoms with Crippen molar-refractivity contribution < 1.29 is 9.59 Å². The number of nitrogens with zero attached hydrogens (tertiary/aromatic N) is 1. The van der Waals surface area contributed by atoms with Gasteiger partial charge in [0.1, 0.15) is 0 Å². The van der Waals surface area contributed by atoms with Crippen LogP contribution in [0.25, 0.3) is 0 Å². The van der Waals surface area contributed by atoms with Crippen molar-refractivity contribution in [3.63, 3.8) is 0 Å². The molecule has 2 amide bonds. The Morgan fingerprint density at radius 3 is 2.25 bits per heavy atom. The molecule has 2 rings (SSSR count). The van der Waals surface area contributed by atoms with Crippen molar-refractivity contribution in [3.05, 3.63) is 0 Å². The van der Waals surface area contributed by atoms with Crippen LogP contribution in [0, 0.1) is 17.8 Å². The monoisotopic (exact) mass is 224 g/mol. The fourth-order valence-corrected chi connectivity index (χ4v) is 2.89. The third-order valence-corrected chi connectivity index (χ3v) is 3.91. The number of carbonyl (C=O) groups is 2. The normalized spacial score (nSPS) is 35.7. The highest BCUT2D eigenvalue weighted by Gasteiger charge is 2.51. The van der Waals surface area contributed by atoms with Crippen molar-refractivity contribution >= 4 is 11.8 Å². The summed E-state index contributed by atoms with van der Waals surface area (Å²) in [4.78, 5) is 25.6. The number of amides is 2. The Balaban J connectivity index is 2.08. The minimum Gasteiger partial charge on any atom is -0.315 e. The van der Waals surface area contributed by atoms with Crippen molar-refractivity contribution in [1.82, 2.24) is 10.2 Å². The fourth-order valence-electron chi connectivity index (χ4n) is 2.89. The van der Waals surface area contributed by atoms with Gasteiger partial charge in [-0.3, -0.25) is 14.5 Å². The molecule has 0 spiro atoms. The highest BCUT2D eigenvalue weighted by molar-refractivity contribution is 6.05. The van der Waals surface area contributed by atoms with Gasteiger partial charge in [-0.05, 0) is 32.7 Å². The second-order valence-electron chi connectivity index (χ2n) is 5.27. The van der Waals surface area contributed by atoms with Crippen LogP contribution in [0.2, 0.25) is 0 Å². The van der Waals surface area contributed by atoms with Gasteiger partial charge >= 0.3 is 0 Å². The summed E-state index contributed by atoms with van der Waals surface area (Å²) in [5, 5.41) is 3.06. The largest absolute Gasteiger partial charge is 0.315 e. The number of hydrogen-bond acceptors (Lipinski definition) is 3. The summed E-state index contributed by atoms with van der Waals surface area (Å²) < 4.78 is 0. The van der Waals surface area contributed by atoms with Crippen LogP contribution in [0.5, 0.6) is 0 Å². The first-order valence-corrected chi connectivity index (χ1v) is 6.07. The summed E-state index contributed by atoms with van der Waals surface area (Å²) in [6.07, 6.45) is 1.78. The Morgan fingerprint density at radius 1 is 1.31 bits per heavy atom. The zero-order chi connectivity index (χ0) is 11.9. The summed E-state index contributed by atoms with van der Waals surface area (Å²) in [5.74, 6) is 0.591. The quantitative estimate of drug-likeness (QED) is 0.715. The molecule has 1 aliphatic carbocycles. The lowest BCUT2D eigenvalue weighted by molar-refractivity contribution is -0.140. The third kappa shape index (κ3) is 1.75. The van der Waals surface area contributed by atoms with Crippen LogP contribution in [-0.4, -0.2) is 36.3 Å². The standard InChI is InChI=1S/C12H20N2O2/c1-7-4-9-10(5-7)12(16)14(11(9)15)6-8(2)13-3/h7-10,13H,4-6H2,1-3H3. The third-order valence-electron chi connectivity index (χ3n) is 3.91. The fraction of sp³-hybridized carbons (Fsp3) is 0.833. The van der Waals surface area contributed by atoms with E-state index in [1.807, 2.05) is 14.0 Å². The van der Waals surface area contributed by atoms with Gasteiger partial charge in [0.15, 0.2) is 0 Å². The predicted molar refractivity (Wildman–Crippen MR) is 60.6 cm³/mol. The summed E-state index contributed by atoms with van der Waals surface area (Å²) in [6.45, 7) is 4.62. The summed E-state index contributed by atoms with van der Waals surface area (Å²) in [5.41, 5.74) is 0. The molecule has 2 fully saturated rings. The number of carbonyl (C=O) groups excluding carboxylic acids is 2. The van der Waals surface area contributed by atoms with Crippen LogP contribution in [0.3, 0.4) is 0 Å². The molecule has 1 heterocycles. The Hall–Kier alpha value is -0.900. The Labute approximate surface area is 96.4 Å². The minimum atomic E-state index is -0.0217. The Kier molecular flexibility index (Phi) is 3.02. The van der Waals surface area contributed by atoms with Gasteiger partial charge in [-0.2, -0.15) is 0 Å². The van der Waals surface area contributed by atoms with Crippen molar-refractivity contribution in [2.75, 3.05) is 13.6 Å². The maximum Gasteiger partial charge on any atom is 0.233 e. The zero-order valence-electron chi connectivity index (χ0n) is 10.2. The van der Waals surface area contributed by atoms with E-state index in [0.29, 0.717) is 12.5 Å². The molecule has 4 nitrogen and oxygen atoms in total. The Bertz CT molecular complexity index is 292. The maximum absolute atomic E-state index is 12.1. The highest BCUT2D eigenvalue weighted by Crippen LogP contribution is 2.42. The molecule has 3 atom stereocenters. The van der Waals surface area contributed by atoms with Crippen molar-refractivity contribution in [2.45, 2.75) is 32.7 Å². The first-order chi connectivity index (χ1) is 7.54. The lowest BCUT2D eigenvalue weighted by Gasteiger charge is -2.20. The van der Waals surface area contributed by atoms with Crippen molar-refractivity contribution in [2.24, 2.45) is 17.8 Å². The van der Waals surface area contributed by atoms with Crippen LogP contribution >= 0.6 is 0 Å². The van der Waals surface area contributed by atoms with Gasteiger partial charge in [0.2, 0.25) is 11.8 Å². The second-order valence-corrected chi connectivity index (χ2v) is 5.27. The molecule has 0 aromatic heterocycles. The van der Waals surface area contributed by atoms with Gasteiger partial charge in [-0.1, -0.05) is 6.92 Å². The molecule has 1 N–H and O–H groups in total. The maximum atomic E-state index is 12.1. The summed E-state index contributed by atoms with van der Waals surface area (Å²) in [6, 6.07) is 0.171. The molecule has 0 aromatic rings. The van der Waals surface area contributed by atoms with Gasteiger partial charge in [0.25, 0.3) is 0 Å². The van der Waals surface area contributed by atoms with Gasteiger partial charge in [-0.25, -0.2) is 0 Å². The molecular weight excluding hydrogens is 204 g/mol. The summed E-state index contributed by atoms with van der Waals surface area (Å²) >= 11 is 0. The number of fused-ring (bicyclic) bond motifs is 1. The molecule has 90 valence electrons. The van der Waals surface area contributed by atoms with Crippen LogP contribution < -0.4 is 5.32 Å². The van der Waals surface area contributed by atoms with Crippen LogP contribution in [0.4, 0.5) is 0 Å².